The van der Waals surface area contributed by atoms with Crippen molar-refractivity contribution in [2.75, 3.05) is 5.75 Å². The average molecular weight is 521 g/mol. The van der Waals surface area contributed by atoms with Crippen molar-refractivity contribution in [3.63, 3.8) is 0 Å². The van der Waals surface area contributed by atoms with E-state index in [4.69, 9.17) is 11.6 Å². The fraction of sp³-hybridized carbons (Fsp3) is 0.263. The number of hydrogen-bond acceptors (Lipinski definition) is 6. The van der Waals surface area contributed by atoms with Gasteiger partial charge in [0.1, 0.15) is 12.2 Å². The first-order valence-electron chi connectivity index (χ1n) is 9.53. The van der Waals surface area contributed by atoms with Gasteiger partial charge in [-0.15, -0.1) is 0 Å². The Bertz CT molecular complexity index is 1480. The van der Waals surface area contributed by atoms with E-state index in [1.54, 1.807) is 0 Å². The van der Waals surface area contributed by atoms with Crippen molar-refractivity contribution >= 4 is 32.3 Å². The van der Waals surface area contributed by atoms with Crippen LogP contribution in [0.25, 0.3) is 28.0 Å². The highest BCUT2D eigenvalue weighted by Gasteiger charge is 2.57. The smallest absolute Gasteiger partial charge is 0.257 e. The molecule has 0 aliphatic carbocycles. The van der Waals surface area contributed by atoms with E-state index in [1.807, 2.05) is 0 Å². The van der Waals surface area contributed by atoms with Crippen molar-refractivity contribution < 1.29 is 30.4 Å². The molecule has 4 aromatic rings. The predicted octanol–water partition coefficient (Wildman–Crippen LogP) is 4.32. The third-order valence-electron chi connectivity index (χ3n) is 4.91. The molecule has 0 radical (unpaired) electrons. The number of halogens is 6. The van der Waals surface area contributed by atoms with Gasteiger partial charge < -0.3 is 0 Å². The van der Waals surface area contributed by atoms with Gasteiger partial charge in [0.25, 0.3) is 0 Å². The molecule has 0 atom stereocenters. The molecule has 0 saturated carbocycles. The third-order valence-corrected chi connectivity index (χ3v) is 6.85. The van der Waals surface area contributed by atoms with Gasteiger partial charge in [0.15, 0.2) is 15.0 Å². The van der Waals surface area contributed by atoms with Crippen LogP contribution < -0.4 is 0 Å². The number of pyridine rings is 2. The van der Waals surface area contributed by atoms with Crippen molar-refractivity contribution in [1.29, 1.82) is 0 Å². The Kier molecular flexibility index (Phi) is 5.84. The lowest BCUT2D eigenvalue weighted by Gasteiger charge is -2.19. The summed E-state index contributed by atoms with van der Waals surface area (Å²) in [5, 5.41) is 7.97. The quantitative estimate of drug-likeness (QED) is 0.351. The molecule has 0 unspecified atom stereocenters. The highest BCUT2D eigenvalue weighted by atomic mass is 35.5. The molecule has 4 heterocycles. The number of nitrogens with zero attached hydrogens (tertiary/aromatic N) is 6. The standard InChI is InChI=1S/C19H14ClF5N6O2S/c1-2-34(32,33)15-6-12(30-4-3-16(20)29-30)8-27-17(15)13-5-11-7-28-31(14(11)9-26-13)10-18(21,22)19(23,24)25/h3-9H,2,10H2,1H3. The van der Waals surface area contributed by atoms with Crippen molar-refractivity contribution in [1.82, 2.24) is 29.5 Å². The van der Waals surface area contributed by atoms with Gasteiger partial charge in [-0.1, -0.05) is 18.5 Å². The zero-order chi connectivity index (χ0) is 24.9. The average Bonchev–Trinajstić information content (AvgIpc) is 3.38. The van der Waals surface area contributed by atoms with Gasteiger partial charge in [0.2, 0.25) is 0 Å². The number of fused-ring (bicyclic) bond motifs is 1. The third kappa shape index (κ3) is 4.34. The van der Waals surface area contributed by atoms with Crippen LogP contribution in [-0.4, -0.2) is 55.8 Å². The predicted molar refractivity (Wildman–Crippen MR) is 112 cm³/mol. The van der Waals surface area contributed by atoms with Crippen LogP contribution in [0.4, 0.5) is 22.0 Å². The van der Waals surface area contributed by atoms with E-state index in [0.29, 0.717) is 10.4 Å². The Morgan fingerprint density at radius 1 is 1.06 bits per heavy atom. The van der Waals surface area contributed by atoms with Gasteiger partial charge in [-0.2, -0.15) is 32.1 Å². The molecule has 15 heteroatoms. The van der Waals surface area contributed by atoms with Gasteiger partial charge in [0.05, 0.1) is 46.1 Å². The number of sulfone groups is 1. The molecule has 0 aliphatic heterocycles. The summed E-state index contributed by atoms with van der Waals surface area (Å²) in [5.74, 6) is -5.25. The molecule has 0 aliphatic rings. The van der Waals surface area contributed by atoms with E-state index in [0.717, 1.165) is 12.4 Å². The maximum Gasteiger partial charge on any atom is 0.455 e. The van der Waals surface area contributed by atoms with E-state index >= 15 is 0 Å². The molecule has 0 bridgehead atoms. The number of hydrogen-bond donors (Lipinski definition) is 0. The first-order chi connectivity index (χ1) is 15.8. The van der Waals surface area contributed by atoms with E-state index in [9.17, 15) is 30.4 Å². The fourth-order valence-electron chi connectivity index (χ4n) is 3.10. The van der Waals surface area contributed by atoms with Gasteiger partial charge >= 0.3 is 12.1 Å². The number of aromatic nitrogens is 6. The second kappa shape index (κ2) is 8.27. The molecule has 34 heavy (non-hydrogen) atoms. The lowest BCUT2D eigenvalue weighted by atomic mass is 10.2. The summed E-state index contributed by atoms with van der Waals surface area (Å²) >= 11 is 5.82. The highest BCUT2D eigenvalue weighted by molar-refractivity contribution is 7.91. The molecule has 0 N–H and O–H groups in total. The summed E-state index contributed by atoms with van der Waals surface area (Å²) in [6, 6.07) is 4.15. The SMILES string of the molecule is CCS(=O)(=O)c1cc(-n2ccc(Cl)n2)cnc1-c1cc2cnn(CC(F)(F)C(F)(F)F)c2cn1. The monoisotopic (exact) mass is 520 g/mol. The normalized spacial score (nSPS) is 13.0. The Labute approximate surface area is 193 Å². The molecule has 0 amide bonds. The topological polar surface area (TPSA) is 95.6 Å². The van der Waals surface area contributed by atoms with Crippen LogP contribution in [0.2, 0.25) is 5.15 Å². The van der Waals surface area contributed by atoms with Crippen LogP contribution in [0.3, 0.4) is 0 Å². The van der Waals surface area contributed by atoms with Crippen molar-refractivity contribution in [2.24, 2.45) is 0 Å². The lowest BCUT2D eigenvalue weighted by molar-refractivity contribution is -0.287. The van der Waals surface area contributed by atoms with Gasteiger partial charge in [-0.3, -0.25) is 14.6 Å². The van der Waals surface area contributed by atoms with E-state index in [1.165, 1.54) is 42.2 Å². The minimum absolute atomic E-state index is 0.0286. The molecule has 0 fully saturated rings. The minimum atomic E-state index is -5.74. The van der Waals surface area contributed by atoms with E-state index in [-0.39, 0.29) is 38.1 Å². The molecule has 4 aromatic heterocycles. The van der Waals surface area contributed by atoms with Gasteiger partial charge in [-0.25, -0.2) is 13.1 Å². The van der Waals surface area contributed by atoms with Crippen LogP contribution in [0, 0.1) is 0 Å². The van der Waals surface area contributed by atoms with Crippen molar-refractivity contribution in [3.8, 4) is 17.1 Å². The minimum Gasteiger partial charge on any atom is -0.257 e. The summed E-state index contributed by atoms with van der Waals surface area (Å²) in [6.45, 7) is -0.284. The van der Waals surface area contributed by atoms with Gasteiger partial charge in [0, 0.05) is 11.6 Å². The van der Waals surface area contributed by atoms with Crippen LogP contribution >= 0.6 is 11.6 Å². The zero-order valence-electron chi connectivity index (χ0n) is 17.1. The summed E-state index contributed by atoms with van der Waals surface area (Å²) in [7, 11) is -3.81. The van der Waals surface area contributed by atoms with Crippen molar-refractivity contribution in [2.45, 2.75) is 30.5 Å². The Hall–Kier alpha value is -3.13. The highest BCUT2D eigenvalue weighted by Crippen LogP contribution is 2.37. The molecular weight excluding hydrogens is 507 g/mol. The Balaban J connectivity index is 1.79. The molecule has 4 rings (SSSR count). The molecule has 0 aromatic carbocycles. The molecule has 8 nitrogen and oxygen atoms in total. The van der Waals surface area contributed by atoms with Crippen LogP contribution in [-0.2, 0) is 16.4 Å². The van der Waals surface area contributed by atoms with Crippen LogP contribution in [0.1, 0.15) is 6.92 Å². The van der Waals surface area contributed by atoms with E-state index in [2.05, 4.69) is 20.2 Å². The second-order valence-electron chi connectivity index (χ2n) is 7.16. The summed E-state index contributed by atoms with van der Waals surface area (Å²) in [5.41, 5.74) is 0.257. The molecule has 0 saturated heterocycles. The maximum absolute atomic E-state index is 13.5. The summed E-state index contributed by atoms with van der Waals surface area (Å²) in [4.78, 5) is 8.11. The first-order valence-corrected chi connectivity index (χ1v) is 11.6. The Morgan fingerprint density at radius 3 is 2.41 bits per heavy atom. The maximum atomic E-state index is 13.5. The largest absolute Gasteiger partial charge is 0.455 e. The van der Waals surface area contributed by atoms with E-state index < -0.39 is 28.5 Å². The van der Waals surface area contributed by atoms with Crippen LogP contribution in [0.15, 0.2) is 47.9 Å². The summed E-state index contributed by atoms with van der Waals surface area (Å²) < 4.78 is 92.0. The fourth-order valence-corrected chi connectivity index (χ4v) is 4.30. The van der Waals surface area contributed by atoms with Crippen LogP contribution in [0.5, 0.6) is 0 Å². The zero-order valence-corrected chi connectivity index (χ0v) is 18.7. The summed E-state index contributed by atoms with van der Waals surface area (Å²) in [6.07, 6.45) is -0.772. The molecular formula is C19H14ClF5N6O2S. The number of alkyl halides is 5. The first kappa shape index (κ1) is 24.0. The Morgan fingerprint density at radius 2 is 1.79 bits per heavy atom. The second-order valence-corrected chi connectivity index (χ2v) is 9.79. The molecule has 180 valence electrons. The van der Waals surface area contributed by atoms with Gasteiger partial charge in [-0.05, 0) is 18.2 Å². The van der Waals surface area contributed by atoms with Crippen molar-refractivity contribution in [3.05, 3.63) is 48.1 Å². The lowest BCUT2D eigenvalue weighted by Crippen LogP contribution is -2.40. The number of rotatable bonds is 6. The molecule has 0 spiro atoms.